The first-order valence-electron chi connectivity index (χ1n) is 27.1. The van der Waals surface area contributed by atoms with E-state index in [1.54, 1.807) is 13.8 Å². The van der Waals surface area contributed by atoms with Crippen LogP contribution in [0.3, 0.4) is 0 Å². The minimum Gasteiger partial charge on any atom is -0.471 e. The number of ketones is 2. The minimum atomic E-state index is -2.94. The Morgan fingerprint density at radius 2 is 0.762 bits per heavy atom. The Labute approximate surface area is 467 Å². The minimum absolute atomic E-state index is 0.0336. The number of ether oxygens (including phenoxy) is 4. The zero-order valence-corrected chi connectivity index (χ0v) is 48.0. The third kappa shape index (κ3) is 8.30. The topological polar surface area (TPSA) is 218 Å². The van der Waals surface area contributed by atoms with Gasteiger partial charge in [0.2, 0.25) is 23.4 Å². The average Bonchev–Trinajstić information content (AvgIpc) is 3.04. The third-order valence-corrected chi connectivity index (χ3v) is 27.0. The van der Waals surface area contributed by atoms with E-state index in [0.717, 1.165) is 31.9 Å². The Balaban J connectivity index is 0.000000169. The molecule has 0 N–H and O–H groups in total. The predicted molar refractivity (Wildman–Crippen MR) is 311 cm³/mol. The van der Waals surface area contributed by atoms with Crippen LogP contribution < -0.4 is 20.7 Å². The lowest BCUT2D eigenvalue weighted by atomic mass is 9.86. The van der Waals surface area contributed by atoms with Crippen molar-refractivity contribution in [2.75, 3.05) is 13.2 Å². The van der Waals surface area contributed by atoms with E-state index in [1.807, 2.05) is 133 Å². The molecule has 6 aromatic carbocycles. The summed E-state index contributed by atoms with van der Waals surface area (Å²) >= 11 is 0. The number of Topliss-reactive ketones (excluding diaryl/α,β-unsaturated/α-hetero) is 2. The van der Waals surface area contributed by atoms with Crippen LogP contribution in [0.4, 0.5) is 0 Å². The zero-order valence-electron chi connectivity index (χ0n) is 46.0. The molecule has 10 atom stereocenters. The van der Waals surface area contributed by atoms with E-state index in [-0.39, 0.29) is 34.9 Å². The second kappa shape index (κ2) is 20.2. The molecule has 4 fully saturated rings. The molecule has 0 radical (unpaired) electrons. The molecule has 0 amide bonds. The first kappa shape index (κ1) is 54.4. The number of carbonyl (C=O) groups excluding carboxylic acids is 2. The summed E-state index contributed by atoms with van der Waals surface area (Å²) in [7, 11) is -5.89. The molecule has 0 bridgehead atoms. The fraction of sp³-hybridized carbons (Fsp3) is 0.355. The maximum atomic E-state index is 14.4. The molecule has 408 valence electrons. The van der Waals surface area contributed by atoms with Crippen LogP contribution in [0.25, 0.3) is 20.9 Å². The fourth-order valence-corrected chi connectivity index (χ4v) is 22.3. The van der Waals surface area contributed by atoms with Crippen molar-refractivity contribution in [1.29, 1.82) is 0 Å². The molecule has 6 aromatic rings. The number of nitrogens with zero attached hydrogens (tertiary/aromatic N) is 8. The number of epoxide rings is 2. The van der Waals surface area contributed by atoms with Gasteiger partial charge in [0, 0.05) is 21.0 Å². The van der Waals surface area contributed by atoms with Crippen LogP contribution in [-0.4, -0.2) is 112 Å². The van der Waals surface area contributed by atoms with Crippen LogP contribution in [0.2, 0.25) is 10.1 Å². The number of azide groups is 2. The van der Waals surface area contributed by atoms with Crippen molar-refractivity contribution in [3.63, 3.8) is 0 Å². The monoisotopic (exact) mass is 1100 g/mol. The third-order valence-electron chi connectivity index (χ3n) is 17.1. The van der Waals surface area contributed by atoms with Gasteiger partial charge < -0.3 is 27.8 Å². The zero-order chi connectivity index (χ0) is 56.4. The fourth-order valence-electron chi connectivity index (χ4n) is 13.1. The van der Waals surface area contributed by atoms with Crippen molar-refractivity contribution in [3.05, 3.63) is 214 Å². The van der Waals surface area contributed by atoms with Gasteiger partial charge in [-0.05, 0) is 80.0 Å². The SMILES string of the molecule is C[C@@H]1OC(c2ccccc2)=N[C@@]12C(=O)[C@@]1(CO[Si](c3ccccc3)(c3ccccc3)C(C)(C)C)O[C@H]1[C@@H]2N=[N+]=[N-].C[C@@H]1OC(c2ccccc2)=N[C@@]12C(=O)[C@@]1(CO[Si](c3ccccc3)(c3ccccc3)C(C)(C)C)O[C@H]1[C@@H]2N=[N+]=[N-]. The van der Waals surface area contributed by atoms with Crippen molar-refractivity contribution in [3.8, 4) is 0 Å². The van der Waals surface area contributed by atoms with E-state index in [2.05, 4.69) is 110 Å². The number of benzene rings is 6. The van der Waals surface area contributed by atoms with Gasteiger partial charge >= 0.3 is 0 Å². The molecule has 6 aliphatic rings. The number of carbonyl (C=O) groups is 2. The molecule has 2 aliphatic carbocycles. The van der Waals surface area contributed by atoms with Gasteiger partial charge in [0.1, 0.15) is 36.5 Å². The molecule has 0 aromatic heterocycles. The Hall–Kier alpha value is -7.51. The maximum Gasteiger partial charge on any atom is 0.261 e. The molecule has 2 saturated carbocycles. The molecule has 4 heterocycles. The van der Waals surface area contributed by atoms with Gasteiger partial charge in [-0.1, -0.05) is 209 Å². The van der Waals surface area contributed by atoms with Gasteiger partial charge in [0.15, 0.2) is 22.3 Å². The van der Waals surface area contributed by atoms with Gasteiger partial charge in [-0.15, -0.1) is 0 Å². The average molecular weight is 1110 g/mol. The van der Waals surface area contributed by atoms with Gasteiger partial charge in [0.25, 0.3) is 16.6 Å². The van der Waals surface area contributed by atoms with Crippen LogP contribution in [0, 0.1) is 0 Å². The predicted octanol–water partition coefficient (Wildman–Crippen LogP) is 9.13. The molecule has 2 saturated heterocycles. The van der Waals surface area contributed by atoms with E-state index in [4.69, 9.17) is 37.8 Å². The molecular weight excluding hydrogens is 1040 g/mol. The summed E-state index contributed by atoms with van der Waals surface area (Å²) in [4.78, 5) is 44.8. The largest absolute Gasteiger partial charge is 0.471 e. The first-order valence-corrected chi connectivity index (χ1v) is 30.9. The highest BCUT2D eigenvalue weighted by atomic mass is 28.4. The first-order chi connectivity index (χ1) is 38.4. The van der Waals surface area contributed by atoms with Gasteiger partial charge in [0.05, 0.1) is 13.2 Å². The maximum absolute atomic E-state index is 14.4. The Bertz CT molecular complexity index is 3160. The van der Waals surface area contributed by atoms with Crippen LogP contribution in [-0.2, 0) is 37.4 Å². The summed E-state index contributed by atoms with van der Waals surface area (Å²) in [5.74, 6) is 0.227. The quantitative estimate of drug-likeness (QED) is 0.0336. The highest BCUT2D eigenvalue weighted by molar-refractivity contribution is 7.00. The van der Waals surface area contributed by atoms with E-state index < -0.39 is 75.4 Å². The van der Waals surface area contributed by atoms with E-state index in [0.29, 0.717) is 11.8 Å². The molecule has 16 nitrogen and oxygen atoms in total. The van der Waals surface area contributed by atoms with Crippen LogP contribution in [0.5, 0.6) is 0 Å². The lowest BCUT2D eigenvalue weighted by Gasteiger charge is -2.43. The molecule has 0 unspecified atom stereocenters. The smallest absolute Gasteiger partial charge is 0.261 e. The number of hydrogen-bond acceptors (Lipinski definition) is 12. The summed E-state index contributed by atoms with van der Waals surface area (Å²) in [6.45, 7) is 16.8. The number of aliphatic imine (C=N–C) groups is 2. The van der Waals surface area contributed by atoms with Crippen molar-refractivity contribution < 1.29 is 37.4 Å². The number of rotatable bonds is 14. The summed E-state index contributed by atoms with van der Waals surface area (Å²) in [6, 6.07) is 58.2. The molecular formula is C62H64N8O8Si2. The second-order valence-corrected chi connectivity index (χ2v) is 32.1. The number of fused-ring (bicyclic) bond motifs is 2. The second-order valence-electron chi connectivity index (χ2n) is 23.5. The van der Waals surface area contributed by atoms with Crippen molar-refractivity contribution >= 4 is 60.7 Å². The lowest BCUT2D eigenvalue weighted by Crippen LogP contribution is -2.67. The number of hydrogen-bond donors (Lipinski definition) is 0. The van der Waals surface area contributed by atoms with Crippen molar-refractivity contribution in [1.82, 2.24) is 0 Å². The summed E-state index contributed by atoms with van der Waals surface area (Å²) in [5.41, 5.74) is 15.2. The van der Waals surface area contributed by atoms with Gasteiger partial charge in [-0.25, -0.2) is 9.98 Å². The Morgan fingerprint density at radius 1 is 0.487 bits per heavy atom. The highest BCUT2D eigenvalue weighted by Gasteiger charge is 2.84. The molecule has 80 heavy (non-hydrogen) atoms. The van der Waals surface area contributed by atoms with Gasteiger partial charge in [-0.3, -0.25) is 9.59 Å². The molecule has 2 spiro atoms. The van der Waals surface area contributed by atoms with E-state index in [1.165, 1.54) is 0 Å². The van der Waals surface area contributed by atoms with Crippen LogP contribution in [0.15, 0.2) is 202 Å². The van der Waals surface area contributed by atoms with E-state index >= 15 is 0 Å². The van der Waals surface area contributed by atoms with Crippen LogP contribution in [0.1, 0.15) is 66.5 Å². The molecule has 12 rings (SSSR count). The summed E-state index contributed by atoms with van der Waals surface area (Å²) in [5, 5.41) is 12.0. The van der Waals surface area contributed by atoms with Crippen molar-refractivity contribution in [2.24, 2.45) is 20.2 Å². The summed E-state index contributed by atoms with van der Waals surface area (Å²) < 4.78 is 38.8. The standard InChI is InChI=1S/2C31H32N4O4Si/c2*1-21-31(33-27(38-21)22-14-8-5-9-15-22)25(34-35-32)26-30(39-26,28(31)36)20-37-40(29(2,3)4,23-16-10-6-11-17-23)24-18-12-7-13-19-24/h2*5-19,21,25-26H,20H2,1-4H3/t2*21-,25-,26-,30-,31-/m00/s1. The highest BCUT2D eigenvalue weighted by Crippen LogP contribution is 2.60. The van der Waals surface area contributed by atoms with Gasteiger partial charge in [-0.2, -0.15) is 0 Å². The lowest BCUT2D eigenvalue weighted by molar-refractivity contribution is -0.133. The normalized spacial score (nSPS) is 28.9. The Morgan fingerprint density at radius 3 is 1.02 bits per heavy atom. The Kier molecular flexibility index (Phi) is 13.8. The van der Waals surface area contributed by atoms with Crippen molar-refractivity contribution in [2.45, 2.75) is 124 Å². The molecule has 4 aliphatic heterocycles. The van der Waals surface area contributed by atoms with Crippen LogP contribution >= 0.6 is 0 Å². The summed E-state index contributed by atoms with van der Waals surface area (Å²) in [6.07, 6.45) is -2.54. The molecule has 18 heteroatoms. The van der Waals surface area contributed by atoms with E-state index in [9.17, 15) is 20.7 Å².